The molecule has 1 rings (SSSR count). The number of aliphatic imine (C=N–C) groups is 1. The van der Waals surface area contributed by atoms with Crippen molar-refractivity contribution in [1.82, 2.24) is 20.9 Å². The number of carbonyl (C=O) groups is 2. The fourth-order valence-electron chi connectivity index (χ4n) is 3.02. The molecule has 0 spiro atoms. The number of ether oxygens (including phenoxy) is 2. The number of carbonyl (C=O) groups excluding carboxylic acids is 2. The maximum absolute atomic E-state index is 12.0. The third-order valence-electron chi connectivity index (χ3n) is 4.62. The minimum absolute atomic E-state index is 0. The summed E-state index contributed by atoms with van der Waals surface area (Å²) in [6.45, 7) is 9.76. The average molecular weight is 556 g/mol. The molecule has 0 radical (unpaired) electrons. The molecule has 1 fully saturated rings. The molecule has 0 bridgehead atoms. The zero-order chi connectivity index (χ0) is 22.6. The summed E-state index contributed by atoms with van der Waals surface area (Å²) in [5, 5.41) is 9.68. The first kappa shape index (κ1) is 29.7. The molecule has 0 heterocycles. The second kappa shape index (κ2) is 15.5. The minimum atomic E-state index is -0.494. The Hall–Kier alpha value is -1.30. The van der Waals surface area contributed by atoms with E-state index in [-0.39, 0.29) is 54.6 Å². The molecule has 10 heteroatoms. The number of nitrogens with zero attached hydrogens (tertiary/aromatic N) is 2. The van der Waals surface area contributed by atoms with Gasteiger partial charge < -0.3 is 30.3 Å². The second-order valence-electron chi connectivity index (χ2n) is 8.77. The second-order valence-corrected chi connectivity index (χ2v) is 8.77. The Balaban J connectivity index is 0.00000900. The van der Waals surface area contributed by atoms with Crippen molar-refractivity contribution in [3.8, 4) is 0 Å². The quantitative estimate of drug-likeness (QED) is 0.175. The zero-order valence-corrected chi connectivity index (χ0v) is 22.3. The zero-order valence-electron chi connectivity index (χ0n) is 20.0. The summed E-state index contributed by atoms with van der Waals surface area (Å²) >= 11 is 0. The predicted octanol–water partition coefficient (Wildman–Crippen LogP) is 2.49. The van der Waals surface area contributed by atoms with E-state index in [1.807, 2.05) is 27.7 Å². The van der Waals surface area contributed by atoms with Crippen molar-refractivity contribution in [1.29, 1.82) is 0 Å². The number of halogens is 1. The number of hydrogen-bond donors (Lipinski definition) is 3. The van der Waals surface area contributed by atoms with E-state index in [1.54, 1.807) is 14.1 Å². The van der Waals surface area contributed by atoms with Gasteiger partial charge in [0.1, 0.15) is 12.1 Å². The predicted molar refractivity (Wildman–Crippen MR) is 134 cm³/mol. The van der Waals surface area contributed by atoms with Gasteiger partial charge in [-0.05, 0) is 59.8 Å². The highest BCUT2D eigenvalue weighted by atomic mass is 127. The minimum Gasteiger partial charge on any atom is -0.444 e. The van der Waals surface area contributed by atoms with Crippen LogP contribution in [0.1, 0.15) is 59.8 Å². The SMILES string of the molecule is CCOCCCNC(=NCC(=O)N(C)C)NC1CCC(NC(=O)OC(C)(C)C)CC1.I. The van der Waals surface area contributed by atoms with E-state index in [4.69, 9.17) is 9.47 Å². The molecule has 1 aliphatic rings. The van der Waals surface area contributed by atoms with Crippen molar-refractivity contribution in [3.63, 3.8) is 0 Å². The fraction of sp³-hybridized carbons (Fsp3) is 0.857. The number of rotatable bonds is 9. The summed E-state index contributed by atoms with van der Waals surface area (Å²) in [6, 6.07) is 0.363. The van der Waals surface area contributed by atoms with Gasteiger partial charge in [-0.1, -0.05) is 0 Å². The van der Waals surface area contributed by atoms with Crippen LogP contribution in [0.3, 0.4) is 0 Å². The topological polar surface area (TPSA) is 104 Å². The van der Waals surface area contributed by atoms with Crippen molar-refractivity contribution in [3.05, 3.63) is 0 Å². The van der Waals surface area contributed by atoms with Gasteiger partial charge in [-0.3, -0.25) is 4.79 Å². The highest BCUT2D eigenvalue weighted by Crippen LogP contribution is 2.19. The lowest BCUT2D eigenvalue weighted by Crippen LogP contribution is -2.48. The molecule has 0 aromatic carbocycles. The number of amides is 2. The summed E-state index contributed by atoms with van der Waals surface area (Å²) in [5.41, 5.74) is -0.494. The molecule has 0 unspecified atom stereocenters. The monoisotopic (exact) mass is 555 g/mol. The molecule has 2 amide bonds. The van der Waals surface area contributed by atoms with Crippen LogP contribution in [0.25, 0.3) is 0 Å². The first-order chi connectivity index (χ1) is 14.1. The molecule has 0 saturated heterocycles. The first-order valence-corrected chi connectivity index (χ1v) is 10.9. The average Bonchev–Trinajstić information content (AvgIpc) is 2.65. The van der Waals surface area contributed by atoms with Crippen LogP contribution in [0.2, 0.25) is 0 Å². The van der Waals surface area contributed by atoms with E-state index in [2.05, 4.69) is 20.9 Å². The van der Waals surface area contributed by atoms with Crippen LogP contribution in [0.15, 0.2) is 4.99 Å². The fourth-order valence-corrected chi connectivity index (χ4v) is 3.02. The molecule has 0 aromatic heterocycles. The third-order valence-corrected chi connectivity index (χ3v) is 4.62. The van der Waals surface area contributed by atoms with E-state index in [0.717, 1.165) is 38.6 Å². The molecule has 0 aromatic rings. The summed E-state index contributed by atoms with van der Waals surface area (Å²) in [7, 11) is 3.44. The van der Waals surface area contributed by atoms with E-state index < -0.39 is 5.60 Å². The Labute approximate surface area is 204 Å². The highest BCUT2D eigenvalue weighted by molar-refractivity contribution is 14.0. The number of likely N-dealkylation sites (N-methyl/N-ethyl adjacent to an activating group) is 1. The molecule has 0 atom stereocenters. The van der Waals surface area contributed by atoms with Crippen molar-refractivity contribution < 1.29 is 19.1 Å². The molecular formula is C21H42IN5O4. The van der Waals surface area contributed by atoms with Gasteiger partial charge in [-0.15, -0.1) is 24.0 Å². The van der Waals surface area contributed by atoms with E-state index >= 15 is 0 Å². The van der Waals surface area contributed by atoms with Gasteiger partial charge in [-0.25, -0.2) is 9.79 Å². The molecule has 0 aliphatic heterocycles. The smallest absolute Gasteiger partial charge is 0.407 e. The van der Waals surface area contributed by atoms with Crippen LogP contribution in [-0.4, -0.2) is 80.9 Å². The van der Waals surface area contributed by atoms with Crippen LogP contribution in [-0.2, 0) is 14.3 Å². The van der Waals surface area contributed by atoms with Gasteiger partial charge in [0.25, 0.3) is 0 Å². The third kappa shape index (κ3) is 14.4. The molecular weight excluding hydrogens is 513 g/mol. The lowest BCUT2D eigenvalue weighted by molar-refractivity contribution is -0.127. The van der Waals surface area contributed by atoms with Crippen LogP contribution in [0.5, 0.6) is 0 Å². The Morgan fingerprint density at radius 1 is 1.06 bits per heavy atom. The van der Waals surface area contributed by atoms with E-state index in [0.29, 0.717) is 19.2 Å². The number of guanidine groups is 1. The van der Waals surface area contributed by atoms with Crippen LogP contribution < -0.4 is 16.0 Å². The van der Waals surface area contributed by atoms with Crippen LogP contribution >= 0.6 is 24.0 Å². The van der Waals surface area contributed by atoms with Gasteiger partial charge >= 0.3 is 6.09 Å². The normalized spacial score (nSPS) is 19.1. The van der Waals surface area contributed by atoms with Gasteiger partial charge in [-0.2, -0.15) is 0 Å². The maximum atomic E-state index is 12.0. The number of alkyl carbamates (subject to hydrolysis) is 1. The Bertz CT molecular complexity index is 558. The summed E-state index contributed by atoms with van der Waals surface area (Å²) < 4.78 is 10.7. The molecule has 31 heavy (non-hydrogen) atoms. The van der Waals surface area contributed by atoms with Crippen molar-refractivity contribution >= 4 is 41.9 Å². The van der Waals surface area contributed by atoms with Gasteiger partial charge in [0.2, 0.25) is 5.91 Å². The molecule has 3 N–H and O–H groups in total. The van der Waals surface area contributed by atoms with Crippen LogP contribution in [0, 0.1) is 0 Å². The Kier molecular flexibility index (Phi) is 14.8. The van der Waals surface area contributed by atoms with Gasteiger partial charge in [0.15, 0.2) is 5.96 Å². The Morgan fingerprint density at radius 3 is 2.16 bits per heavy atom. The highest BCUT2D eigenvalue weighted by Gasteiger charge is 2.25. The van der Waals surface area contributed by atoms with E-state index in [1.165, 1.54) is 4.90 Å². The first-order valence-electron chi connectivity index (χ1n) is 10.9. The molecule has 182 valence electrons. The van der Waals surface area contributed by atoms with Crippen molar-refractivity contribution in [2.45, 2.75) is 77.5 Å². The molecule has 9 nitrogen and oxygen atoms in total. The van der Waals surface area contributed by atoms with Crippen LogP contribution in [0.4, 0.5) is 4.79 Å². The lowest BCUT2D eigenvalue weighted by Gasteiger charge is -2.31. The number of nitrogens with one attached hydrogen (secondary N) is 3. The summed E-state index contributed by atoms with van der Waals surface area (Å²) in [5.74, 6) is 0.598. The lowest BCUT2D eigenvalue weighted by atomic mass is 9.91. The number of hydrogen-bond acceptors (Lipinski definition) is 5. The van der Waals surface area contributed by atoms with E-state index in [9.17, 15) is 9.59 Å². The maximum Gasteiger partial charge on any atom is 0.407 e. The standard InChI is InChI=1S/C21H41N5O4.HI/c1-7-29-14-8-13-22-19(23-15-18(27)26(5)6)24-16-9-11-17(12-10-16)25-20(28)30-21(2,3)4;/h16-17H,7-15H2,1-6H3,(H,25,28)(H2,22,23,24);1H. The molecule has 1 saturated carbocycles. The largest absolute Gasteiger partial charge is 0.444 e. The van der Waals surface area contributed by atoms with Crippen molar-refractivity contribution in [2.24, 2.45) is 4.99 Å². The summed E-state index contributed by atoms with van der Waals surface area (Å²) in [4.78, 5) is 29.8. The summed E-state index contributed by atoms with van der Waals surface area (Å²) in [6.07, 6.45) is 4.04. The molecule has 1 aliphatic carbocycles. The van der Waals surface area contributed by atoms with Gasteiger partial charge in [0.05, 0.1) is 0 Å². The van der Waals surface area contributed by atoms with Gasteiger partial charge in [0, 0.05) is 45.9 Å². The van der Waals surface area contributed by atoms with Crippen molar-refractivity contribution in [2.75, 3.05) is 40.4 Å². The Morgan fingerprint density at radius 2 is 1.65 bits per heavy atom.